The summed E-state index contributed by atoms with van der Waals surface area (Å²) in [5, 5.41) is 5.36. The highest BCUT2D eigenvalue weighted by Gasteiger charge is 2.33. The van der Waals surface area contributed by atoms with E-state index in [9.17, 15) is 9.59 Å². The lowest BCUT2D eigenvalue weighted by molar-refractivity contribution is -0.136. The van der Waals surface area contributed by atoms with Crippen LogP contribution in [0.4, 0.5) is 0 Å². The van der Waals surface area contributed by atoms with Gasteiger partial charge in [-0.2, -0.15) is 5.10 Å². The molecular formula is C22H21ClN4O2. The first-order valence-electron chi connectivity index (χ1n) is 9.51. The van der Waals surface area contributed by atoms with Gasteiger partial charge in [0.15, 0.2) is 0 Å². The zero-order valence-corrected chi connectivity index (χ0v) is 16.5. The van der Waals surface area contributed by atoms with Gasteiger partial charge in [0.1, 0.15) is 6.04 Å². The van der Waals surface area contributed by atoms with E-state index in [1.807, 2.05) is 48.7 Å². The number of amides is 2. The Kier molecular flexibility index (Phi) is 5.36. The van der Waals surface area contributed by atoms with Crippen LogP contribution >= 0.6 is 11.6 Å². The topological polar surface area (TPSA) is 81.2 Å². The van der Waals surface area contributed by atoms with Crippen LogP contribution in [0.2, 0.25) is 5.02 Å². The summed E-state index contributed by atoms with van der Waals surface area (Å²) < 4.78 is 1.77. The zero-order chi connectivity index (χ0) is 20.4. The van der Waals surface area contributed by atoms with Crippen molar-refractivity contribution in [3.63, 3.8) is 0 Å². The largest absolute Gasteiger partial charge is 0.368 e. The molecule has 0 spiro atoms. The van der Waals surface area contributed by atoms with E-state index in [4.69, 9.17) is 22.4 Å². The molecule has 1 atom stereocenters. The molecule has 2 amide bonds. The number of benzene rings is 2. The van der Waals surface area contributed by atoms with Crippen LogP contribution in [-0.4, -0.2) is 39.1 Å². The third kappa shape index (κ3) is 4.03. The first kappa shape index (κ1) is 19.2. The van der Waals surface area contributed by atoms with Crippen LogP contribution in [0.25, 0.3) is 16.9 Å². The predicted molar refractivity (Wildman–Crippen MR) is 112 cm³/mol. The Hall–Kier alpha value is -3.12. The molecule has 0 aliphatic carbocycles. The molecule has 29 heavy (non-hydrogen) atoms. The van der Waals surface area contributed by atoms with Gasteiger partial charge in [0.05, 0.1) is 17.8 Å². The van der Waals surface area contributed by atoms with E-state index in [1.54, 1.807) is 21.7 Å². The Morgan fingerprint density at radius 1 is 1.10 bits per heavy atom. The summed E-state index contributed by atoms with van der Waals surface area (Å²) >= 11 is 6.03. The van der Waals surface area contributed by atoms with Crippen molar-refractivity contribution in [1.82, 2.24) is 14.7 Å². The number of likely N-dealkylation sites (tertiary alicyclic amines) is 1. The fraction of sp³-hybridized carbons (Fsp3) is 0.227. The molecule has 1 unspecified atom stereocenters. The maximum Gasteiger partial charge on any atom is 0.240 e. The van der Waals surface area contributed by atoms with Crippen LogP contribution in [0.1, 0.15) is 18.4 Å². The van der Waals surface area contributed by atoms with E-state index < -0.39 is 11.9 Å². The average Bonchev–Trinajstić information content (AvgIpc) is 3.37. The number of carbonyl (C=O) groups is 2. The molecule has 7 heteroatoms. The van der Waals surface area contributed by atoms with Crippen molar-refractivity contribution in [1.29, 1.82) is 0 Å². The predicted octanol–water partition coefficient (Wildman–Crippen LogP) is 3.21. The van der Waals surface area contributed by atoms with Gasteiger partial charge in [-0.05, 0) is 37.1 Å². The highest BCUT2D eigenvalue weighted by atomic mass is 35.5. The standard InChI is InChI=1S/C22H21ClN4O2/c23-17-10-8-15(9-11-17)21-16(14-27(25-21)18-5-2-1-3-6-18)13-20(28)26-12-4-7-19(26)22(24)29/h1-3,5-6,8-11,14,19H,4,7,12-13H2,(H2,24,29). The van der Waals surface area contributed by atoms with Crippen LogP contribution in [0, 0.1) is 0 Å². The van der Waals surface area contributed by atoms with Crippen molar-refractivity contribution < 1.29 is 9.59 Å². The molecule has 1 saturated heterocycles. The Bertz CT molecular complexity index is 1030. The van der Waals surface area contributed by atoms with Gasteiger partial charge in [0, 0.05) is 28.9 Å². The maximum atomic E-state index is 13.0. The number of hydrogen-bond donors (Lipinski definition) is 1. The van der Waals surface area contributed by atoms with Gasteiger partial charge in [0.25, 0.3) is 0 Å². The molecule has 3 aromatic rings. The number of primary amides is 1. The Morgan fingerprint density at radius 2 is 1.83 bits per heavy atom. The molecule has 2 heterocycles. The van der Waals surface area contributed by atoms with E-state index in [2.05, 4.69) is 0 Å². The lowest BCUT2D eigenvalue weighted by Crippen LogP contribution is -2.44. The summed E-state index contributed by atoms with van der Waals surface area (Å²) in [6.45, 7) is 0.551. The van der Waals surface area contributed by atoms with Crippen LogP contribution in [0.3, 0.4) is 0 Å². The minimum Gasteiger partial charge on any atom is -0.368 e. The van der Waals surface area contributed by atoms with Crippen LogP contribution in [0.5, 0.6) is 0 Å². The monoisotopic (exact) mass is 408 g/mol. The molecule has 1 aliphatic rings. The summed E-state index contributed by atoms with van der Waals surface area (Å²) in [6, 6.07) is 16.6. The molecule has 2 N–H and O–H groups in total. The molecule has 1 aromatic heterocycles. The molecule has 6 nitrogen and oxygen atoms in total. The highest BCUT2D eigenvalue weighted by molar-refractivity contribution is 6.30. The molecule has 2 aromatic carbocycles. The van der Waals surface area contributed by atoms with E-state index in [-0.39, 0.29) is 12.3 Å². The molecule has 4 rings (SSSR count). The van der Waals surface area contributed by atoms with E-state index in [0.717, 1.165) is 23.2 Å². The summed E-state index contributed by atoms with van der Waals surface area (Å²) in [6.07, 6.45) is 3.42. The van der Waals surface area contributed by atoms with Gasteiger partial charge in [-0.15, -0.1) is 0 Å². The molecule has 0 saturated carbocycles. The van der Waals surface area contributed by atoms with Crippen molar-refractivity contribution >= 4 is 23.4 Å². The molecule has 0 radical (unpaired) electrons. The van der Waals surface area contributed by atoms with Crippen LogP contribution < -0.4 is 5.73 Å². The van der Waals surface area contributed by atoms with Gasteiger partial charge in [0.2, 0.25) is 11.8 Å². The number of hydrogen-bond acceptors (Lipinski definition) is 3. The third-order valence-electron chi connectivity index (χ3n) is 5.17. The lowest BCUT2D eigenvalue weighted by Gasteiger charge is -2.22. The Labute approximate surface area is 173 Å². The number of aromatic nitrogens is 2. The van der Waals surface area contributed by atoms with Crippen LogP contribution in [-0.2, 0) is 16.0 Å². The second-order valence-corrected chi connectivity index (χ2v) is 7.55. The molecule has 1 aliphatic heterocycles. The molecule has 148 valence electrons. The maximum absolute atomic E-state index is 13.0. The van der Waals surface area contributed by atoms with E-state index in [1.165, 1.54) is 0 Å². The van der Waals surface area contributed by atoms with E-state index in [0.29, 0.717) is 23.7 Å². The average molecular weight is 409 g/mol. The minimum absolute atomic E-state index is 0.117. The minimum atomic E-state index is -0.523. The summed E-state index contributed by atoms with van der Waals surface area (Å²) in [5.74, 6) is -0.567. The fourth-order valence-corrected chi connectivity index (χ4v) is 3.85. The molecule has 0 bridgehead atoms. The van der Waals surface area contributed by atoms with Gasteiger partial charge in [-0.1, -0.05) is 41.9 Å². The highest BCUT2D eigenvalue weighted by Crippen LogP contribution is 2.27. The second kappa shape index (κ2) is 8.09. The van der Waals surface area contributed by atoms with Crippen molar-refractivity contribution in [3.8, 4) is 16.9 Å². The second-order valence-electron chi connectivity index (χ2n) is 7.11. The number of nitrogens with two attached hydrogens (primary N) is 1. The van der Waals surface area contributed by atoms with Crippen molar-refractivity contribution in [2.45, 2.75) is 25.3 Å². The number of para-hydroxylation sites is 1. The summed E-state index contributed by atoms with van der Waals surface area (Å²) in [4.78, 5) is 26.2. The Morgan fingerprint density at radius 3 is 2.52 bits per heavy atom. The lowest BCUT2D eigenvalue weighted by atomic mass is 10.1. The fourth-order valence-electron chi connectivity index (χ4n) is 3.73. The SMILES string of the molecule is NC(=O)C1CCCN1C(=O)Cc1cn(-c2ccccc2)nc1-c1ccc(Cl)cc1. The van der Waals surface area contributed by atoms with Gasteiger partial charge < -0.3 is 10.6 Å². The number of nitrogens with zero attached hydrogens (tertiary/aromatic N) is 3. The van der Waals surface area contributed by atoms with Gasteiger partial charge in [-0.3, -0.25) is 9.59 Å². The molecule has 1 fully saturated rings. The summed E-state index contributed by atoms with van der Waals surface area (Å²) in [5.41, 5.74) is 8.75. The first-order valence-corrected chi connectivity index (χ1v) is 9.89. The molecular weight excluding hydrogens is 388 g/mol. The number of rotatable bonds is 5. The Balaban J connectivity index is 1.69. The zero-order valence-electron chi connectivity index (χ0n) is 15.8. The van der Waals surface area contributed by atoms with Gasteiger partial charge in [-0.25, -0.2) is 4.68 Å². The normalized spacial score (nSPS) is 16.2. The van der Waals surface area contributed by atoms with E-state index >= 15 is 0 Å². The number of carbonyl (C=O) groups excluding carboxylic acids is 2. The number of halogens is 1. The van der Waals surface area contributed by atoms with Crippen LogP contribution in [0.15, 0.2) is 60.8 Å². The van der Waals surface area contributed by atoms with Gasteiger partial charge >= 0.3 is 0 Å². The quantitative estimate of drug-likeness (QED) is 0.703. The van der Waals surface area contributed by atoms with Crippen molar-refractivity contribution in [2.75, 3.05) is 6.54 Å². The summed E-state index contributed by atoms with van der Waals surface area (Å²) in [7, 11) is 0. The van der Waals surface area contributed by atoms with Crippen molar-refractivity contribution in [3.05, 3.63) is 71.4 Å². The van der Waals surface area contributed by atoms with Crippen molar-refractivity contribution in [2.24, 2.45) is 5.73 Å². The third-order valence-corrected chi connectivity index (χ3v) is 5.42. The first-order chi connectivity index (χ1) is 14.0. The smallest absolute Gasteiger partial charge is 0.240 e.